The van der Waals surface area contributed by atoms with E-state index < -0.39 is 0 Å². The second-order valence-corrected chi connectivity index (χ2v) is 5.79. The average molecular weight is 311 g/mol. The summed E-state index contributed by atoms with van der Waals surface area (Å²) in [5.41, 5.74) is 3.06. The highest BCUT2D eigenvalue weighted by Gasteiger charge is 2.21. The molecule has 0 aliphatic carbocycles. The van der Waals surface area contributed by atoms with Gasteiger partial charge >= 0.3 is 6.03 Å². The number of nitrogens with one attached hydrogen (secondary N) is 1. The third-order valence-corrected chi connectivity index (χ3v) is 4.03. The van der Waals surface area contributed by atoms with Crippen molar-refractivity contribution in [2.24, 2.45) is 0 Å². The highest BCUT2D eigenvalue weighted by atomic mass is 16.3. The van der Waals surface area contributed by atoms with Crippen molar-refractivity contribution in [2.75, 3.05) is 36.4 Å². The van der Waals surface area contributed by atoms with Gasteiger partial charge in [-0.3, -0.25) is 0 Å². The number of phenolic OH excluding ortho intramolecular Hbond substituents is 1. The topological polar surface area (TPSA) is 55.8 Å². The number of benzene rings is 2. The Morgan fingerprint density at radius 3 is 2.48 bits per heavy atom. The van der Waals surface area contributed by atoms with E-state index in [1.165, 1.54) is 11.3 Å². The number of rotatable bonds is 2. The van der Waals surface area contributed by atoms with Crippen molar-refractivity contribution < 1.29 is 9.90 Å². The third-order valence-electron chi connectivity index (χ3n) is 4.03. The second kappa shape index (κ2) is 6.60. The minimum Gasteiger partial charge on any atom is -0.508 e. The molecule has 120 valence electrons. The number of piperazine rings is 1. The molecule has 0 radical (unpaired) electrons. The van der Waals surface area contributed by atoms with Crippen LogP contribution in [0.15, 0.2) is 48.5 Å². The molecule has 1 fully saturated rings. The molecular weight excluding hydrogens is 290 g/mol. The first-order valence-corrected chi connectivity index (χ1v) is 7.78. The molecule has 0 atom stereocenters. The van der Waals surface area contributed by atoms with E-state index in [4.69, 9.17) is 0 Å². The molecule has 5 heteroatoms. The van der Waals surface area contributed by atoms with E-state index >= 15 is 0 Å². The number of anilines is 2. The van der Waals surface area contributed by atoms with Crippen LogP contribution in [0.4, 0.5) is 16.2 Å². The van der Waals surface area contributed by atoms with Crippen LogP contribution in [0, 0.1) is 6.92 Å². The zero-order chi connectivity index (χ0) is 16.2. The van der Waals surface area contributed by atoms with Gasteiger partial charge in [0.15, 0.2) is 0 Å². The van der Waals surface area contributed by atoms with Crippen molar-refractivity contribution in [1.82, 2.24) is 4.90 Å². The molecule has 0 spiro atoms. The molecule has 1 heterocycles. The zero-order valence-electron chi connectivity index (χ0n) is 13.2. The van der Waals surface area contributed by atoms with Gasteiger partial charge in [-0.25, -0.2) is 4.79 Å². The fourth-order valence-electron chi connectivity index (χ4n) is 2.78. The first-order chi connectivity index (χ1) is 11.1. The van der Waals surface area contributed by atoms with Crippen LogP contribution >= 0.6 is 0 Å². The summed E-state index contributed by atoms with van der Waals surface area (Å²) in [5, 5.41) is 12.3. The predicted molar refractivity (Wildman–Crippen MR) is 92.1 cm³/mol. The highest BCUT2D eigenvalue weighted by molar-refractivity contribution is 5.89. The van der Waals surface area contributed by atoms with Crippen LogP contribution < -0.4 is 10.2 Å². The molecule has 0 aromatic heterocycles. The molecule has 1 aliphatic rings. The lowest BCUT2D eigenvalue weighted by Gasteiger charge is -2.36. The highest BCUT2D eigenvalue weighted by Crippen LogP contribution is 2.19. The molecule has 2 aromatic rings. The molecule has 1 saturated heterocycles. The first-order valence-electron chi connectivity index (χ1n) is 7.78. The maximum atomic E-state index is 12.3. The third kappa shape index (κ3) is 3.74. The van der Waals surface area contributed by atoms with Gasteiger partial charge in [-0.15, -0.1) is 0 Å². The van der Waals surface area contributed by atoms with Gasteiger partial charge in [0.05, 0.1) is 0 Å². The van der Waals surface area contributed by atoms with Gasteiger partial charge in [0.25, 0.3) is 0 Å². The Balaban J connectivity index is 1.57. The summed E-state index contributed by atoms with van der Waals surface area (Å²) in [6.45, 7) is 5.08. The summed E-state index contributed by atoms with van der Waals surface area (Å²) in [4.78, 5) is 16.4. The van der Waals surface area contributed by atoms with Gasteiger partial charge in [0.1, 0.15) is 5.75 Å². The van der Waals surface area contributed by atoms with Gasteiger partial charge in [-0.2, -0.15) is 0 Å². The maximum absolute atomic E-state index is 12.3. The molecular formula is C18H21N3O2. The van der Waals surface area contributed by atoms with E-state index in [1.54, 1.807) is 29.2 Å². The van der Waals surface area contributed by atoms with Gasteiger partial charge in [-0.1, -0.05) is 18.2 Å². The Kier molecular flexibility index (Phi) is 4.37. The van der Waals surface area contributed by atoms with E-state index in [-0.39, 0.29) is 11.8 Å². The molecule has 2 aromatic carbocycles. The summed E-state index contributed by atoms with van der Waals surface area (Å²) in [6, 6.07) is 14.9. The molecule has 5 nitrogen and oxygen atoms in total. The Hall–Kier alpha value is -2.69. The standard InChI is InChI=1S/C18H21N3O2/c1-14-4-2-6-16(12-14)20-8-10-21(11-9-20)18(23)19-15-5-3-7-17(22)13-15/h2-7,12-13,22H,8-11H2,1H3,(H,19,23). The molecule has 2 amide bonds. The van der Waals surface area contributed by atoms with Crippen LogP contribution in [-0.4, -0.2) is 42.2 Å². The van der Waals surface area contributed by atoms with Gasteiger partial charge in [-0.05, 0) is 36.8 Å². The Labute approximate surface area is 136 Å². The first kappa shape index (κ1) is 15.2. The smallest absolute Gasteiger partial charge is 0.321 e. The van der Waals surface area contributed by atoms with E-state index in [2.05, 4.69) is 41.4 Å². The number of amides is 2. The average Bonchev–Trinajstić information content (AvgIpc) is 2.55. The number of urea groups is 1. The van der Waals surface area contributed by atoms with Crippen LogP contribution in [-0.2, 0) is 0 Å². The fourth-order valence-corrected chi connectivity index (χ4v) is 2.78. The Morgan fingerprint density at radius 2 is 1.78 bits per heavy atom. The number of carbonyl (C=O) groups excluding carboxylic acids is 1. The number of carbonyl (C=O) groups is 1. The lowest BCUT2D eigenvalue weighted by Crippen LogP contribution is -2.50. The van der Waals surface area contributed by atoms with E-state index in [9.17, 15) is 9.90 Å². The van der Waals surface area contributed by atoms with E-state index in [0.29, 0.717) is 18.8 Å². The van der Waals surface area contributed by atoms with Crippen LogP contribution in [0.3, 0.4) is 0 Å². The largest absolute Gasteiger partial charge is 0.508 e. The monoisotopic (exact) mass is 311 g/mol. The van der Waals surface area contributed by atoms with Crippen molar-refractivity contribution >= 4 is 17.4 Å². The molecule has 23 heavy (non-hydrogen) atoms. The molecule has 1 aliphatic heterocycles. The molecule has 0 bridgehead atoms. The summed E-state index contributed by atoms with van der Waals surface area (Å²) < 4.78 is 0. The van der Waals surface area contributed by atoms with Crippen LogP contribution in [0.2, 0.25) is 0 Å². The summed E-state index contributed by atoms with van der Waals surface area (Å²) in [5.74, 6) is 0.145. The number of hydrogen-bond acceptors (Lipinski definition) is 3. The molecule has 0 unspecified atom stereocenters. The van der Waals surface area contributed by atoms with Crippen molar-refractivity contribution in [3.05, 3.63) is 54.1 Å². The second-order valence-electron chi connectivity index (χ2n) is 5.79. The van der Waals surface area contributed by atoms with Crippen molar-refractivity contribution in [1.29, 1.82) is 0 Å². The van der Waals surface area contributed by atoms with Crippen molar-refractivity contribution in [2.45, 2.75) is 6.92 Å². The predicted octanol–water partition coefficient (Wildman–Crippen LogP) is 3.05. The zero-order valence-corrected chi connectivity index (χ0v) is 13.2. The Bertz CT molecular complexity index is 694. The summed E-state index contributed by atoms with van der Waals surface area (Å²) >= 11 is 0. The number of nitrogens with zero attached hydrogens (tertiary/aromatic N) is 2. The van der Waals surface area contributed by atoms with E-state index in [1.807, 2.05) is 0 Å². The van der Waals surface area contributed by atoms with Crippen LogP contribution in [0.25, 0.3) is 0 Å². The summed E-state index contributed by atoms with van der Waals surface area (Å²) in [6.07, 6.45) is 0. The number of aryl methyl sites for hydroxylation is 1. The van der Waals surface area contributed by atoms with E-state index in [0.717, 1.165) is 13.1 Å². The number of phenols is 1. The molecule has 2 N–H and O–H groups in total. The summed E-state index contributed by atoms with van der Waals surface area (Å²) in [7, 11) is 0. The number of aromatic hydroxyl groups is 1. The van der Waals surface area contributed by atoms with Crippen molar-refractivity contribution in [3.8, 4) is 5.75 Å². The van der Waals surface area contributed by atoms with Gasteiger partial charge in [0, 0.05) is 43.6 Å². The lowest BCUT2D eigenvalue weighted by atomic mass is 10.2. The van der Waals surface area contributed by atoms with Crippen LogP contribution in [0.1, 0.15) is 5.56 Å². The SMILES string of the molecule is Cc1cccc(N2CCN(C(=O)Nc3cccc(O)c3)CC2)c1. The normalized spacial score (nSPS) is 14.7. The number of hydrogen-bond donors (Lipinski definition) is 2. The molecule has 3 rings (SSSR count). The Morgan fingerprint density at radius 1 is 1.04 bits per heavy atom. The maximum Gasteiger partial charge on any atom is 0.321 e. The fraction of sp³-hybridized carbons (Fsp3) is 0.278. The quantitative estimate of drug-likeness (QED) is 0.896. The lowest BCUT2D eigenvalue weighted by molar-refractivity contribution is 0.208. The van der Waals surface area contributed by atoms with Crippen LogP contribution in [0.5, 0.6) is 5.75 Å². The van der Waals surface area contributed by atoms with Crippen molar-refractivity contribution in [3.63, 3.8) is 0 Å². The van der Waals surface area contributed by atoms with Gasteiger partial charge in [0.2, 0.25) is 0 Å². The minimum absolute atomic E-state index is 0.125. The molecule has 0 saturated carbocycles. The van der Waals surface area contributed by atoms with Gasteiger partial charge < -0.3 is 20.2 Å². The minimum atomic E-state index is -0.125.